The second-order valence-electron chi connectivity index (χ2n) is 3.65. The van der Waals surface area contributed by atoms with Crippen molar-refractivity contribution in [1.29, 1.82) is 0 Å². The van der Waals surface area contributed by atoms with Crippen molar-refractivity contribution >= 4 is 18.4 Å². The smallest absolute Gasteiger partial charge is 0.342 e. The van der Waals surface area contributed by atoms with Crippen LogP contribution < -0.4 is 10.5 Å². The third kappa shape index (κ3) is 4.69. The molecular weight excluding hydrogens is 273 g/mol. The molecule has 0 aromatic heterocycles. The van der Waals surface area contributed by atoms with Gasteiger partial charge in [-0.3, -0.25) is 0 Å². The van der Waals surface area contributed by atoms with E-state index in [4.69, 9.17) is 10.5 Å². The van der Waals surface area contributed by atoms with E-state index in [2.05, 4.69) is 4.74 Å². The molecule has 0 aliphatic heterocycles. The van der Waals surface area contributed by atoms with Crippen molar-refractivity contribution in [3.63, 3.8) is 0 Å². The summed E-state index contributed by atoms with van der Waals surface area (Å²) in [6, 6.07) is 5.72. The van der Waals surface area contributed by atoms with E-state index in [0.717, 1.165) is 0 Å². The molecule has 0 saturated carbocycles. The van der Waals surface area contributed by atoms with Gasteiger partial charge in [0, 0.05) is 5.56 Å². The first-order valence-electron chi connectivity index (χ1n) is 5.89. The van der Waals surface area contributed by atoms with Gasteiger partial charge in [0.05, 0.1) is 19.3 Å². The lowest BCUT2D eigenvalue weighted by molar-refractivity contribution is -0.149. The molecule has 1 rings (SSSR count). The molecule has 0 spiro atoms. The Morgan fingerprint density at radius 1 is 1.32 bits per heavy atom. The average Bonchev–Trinajstić information content (AvgIpc) is 2.38. The van der Waals surface area contributed by atoms with E-state index in [0.29, 0.717) is 17.9 Å². The van der Waals surface area contributed by atoms with Gasteiger partial charge < -0.3 is 15.2 Å². The van der Waals surface area contributed by atoms with Gasteiger partial charge in [0.2, 0.25) is 6.17 Å². The summed E-state index contributed by atoms with van der Waals surface area (Å²) in [5, 5.41) is 0. The molecule has 2 atom stereocenters. The van der Waals surface area contributed by atoms with Gasteiger partial charge in [-0.1, -0.05) is 18.2 Å². The molecule has 1 unspecified atom stereocenters. The summed E-state index contributed by atoms with van der Waals surface area (Å²) in [5.74, 6) is -0.462. The van der Waals surface area contributed by atoms with Crippen LogP contribution in [0.3, 0.4) is 0 Å². The van der Waals surface area contributed by atoms with Crippen LogP contribution >= 0.6 is 12.4 Å². The maximum Gasteiger partial charge on any atom is 0.342 e. The molecule has 2 N–H and O–H groups in total. The molecule has 0 heterocycles. The van der Waals surface area contributed by atoms with Gasteiger partial charge in [-0.2, -0.15) is 0 Å². The lowest BCUT2D eigenvalue weighted by Crippen LogP contribution is -2.31. The summed E-state index contributed by atoms with van der Waals surface area (Å²) in [4.78, 5) is 11.3. The molecule has 0 bridgehead atoms. The lowest BCUT2D eigenvalue weighted by atomic mass is 10.0. The van der Waals surface area contributed by atoms with Gasteiger partial charge in [-0.05, 0) is 19.9 Å². The Balaban J connectivity index is 0.00000324. The van der Waals surface area contributed by atoms with Crippen molar-refractivity contribution in [1.82, 2.24) is 0 Å². The Morgan fingerprint density at radius 3 is 2.53 bits per heavy atom. The molecule has 1 aromatic rings. The van der Waals surface area contributed by atoms with Crippen molar-refractivity contribution in [2.24, 2.45) is 5.73 Å². The number of ether oxygens (including phenoxy) is 2. The van der Waals surface area contributed by atoms with Crippen LogP contribution in [0.1, 0.15) is 25.5 Å². The van der Waals surface area contributed by atoms with Gasteiger partial charge in [-0.25, -0.2) is 9.18 Å². The van der Waals surface area contributed by atoms with Crippen LogP contribution in [-0.4, -0.2) is 25.4 Å². The van der Waals surface area contributed by atoms with Crippen molar-refractivity contribution < 1.29 is 18.7 Å². The summed E-state index contributed by atoms with van der Waals surface area (Å²) in [5.41, 5.74) is 6.20. The number of esters is 1. The van der Waals surface area contributed by atoms with Crippen LogP contribution in [0.25, 0.3) is 0 Å². The van der Waals surface area contributed by atoms with Gasteiger partial charge in [0.15, 0.2) is 0 Å². The van der Waals surface area contributed by atoms with E-state index in [1.54, 1.807) is 31.2 Å². The summed E-state index contributed by atoms with van der Waals surface area (Å²) < 4.78 is 23.8. The molecule has 0 aliphatic rings. The molecule has 0 amide bonds. The van der Waals surface area contributed by atoms with E-state index in [-0.39, 0.29) is 19.0 Å². The monoisotopic (exact) mass is 291 g/mol. The summed E-state index contributed by atoms with van der Waals surface area (Å²) in [6.07, 6.45) is -1.90. The molecule has 4 nitrogen and oxygen atoms in total. The van der Waals surface area contributed by atoms with Gasteiger partial charge in [0.25, 0.3) is 0 Å². The van der Waals surface area contributed by atoms with E-state index in [9.17, 15) is 9.18 Å². The van der Waals surface area contributed by atoms with Crippen LogP contribution in [-0.2, 0) is 9.53 Å². The number of benzene rings is 1. The van der Waals surface area contributed by atoms with E-state index in [1.165, 1.54) is 0 Å². The SMILES string of the molecule is CCOC(=O)C(F)[C@@H](N)c1ccccc1OCC.Cl. The zero-order chi connectivity index (χ0) is 13.5. The first kappa shape index (κ1) is 17.7. The summed E-state index contributed by atoms with van der Waals surface area (Å²) >= 11 is 0. The number of halogens is 2. The quantitative estimate of drug-likeness (QED) is 0.818. The van der Waals surface area contributed by atoms with E-state index in [1.807, 2.05) is 6.92 Å². The minimum atomic E-state index is -1.90. The molecule has 6 heteroatoms. The van der Waals surface area contributed by atoms with Crippen LogP contribution in [0.4, 0.5) is 4.39 Å². The highest BCUT2D eigenvalue weighted by Crippen LogP contribution is 2.27. The van der Waals surface area contributed by atoms with Crippen LogP contribution in [0.15, 0.2) is 24.3 Å². The minimum absolute atomic E-state index is 0. The number of hydrogen-bond acceptors (Lipinski definition) is 4. The number of carbonyl (C=O) groups is 1. The Bertz CT molecular complexity index is 403. The number of nitrogens with two attached hydrogens (primary N) is 1. The Kier molecular flexibility index (Phi) is 8.11. The van der Waals surface area contributed by atoms with Crippen LogP contribution in [0, 0.1) is 0 Å². The molecule has 1 aromatic carbocycles. The first-order chi connectivity index (χ1) is 8.61. The Hall–Kier alpha value is -1.33. The van der Waals surface area contributed by atoms with Crippen molar-refractivity contribution in [3.8, 4) is 5.75 Å². The molecular formula is C13H19ClFNO3. The number of para-hydroxylation sites is 1. The number of alkyl halides is 1. The largest absolute Gasteiger partial charge is 0.494 e. The standard InChI is InChI=1S/C13H18FNO3.ClH/c1-3-17-10-8-6-5-7-9(10)12(15)11(14)13(16)18-4-2;/h5-8,11-12H,3-4,15H2,1-2H3;1H/t11?,12-;/m0./s1. The van der Waals surface area contributed by atoms with Gasteiger partial charge in [-0.15, -0.1) is 12.4 Å². The first-order valence-corrected chi connectivity index (χ1v) is 5.89. The average molecular weight is 292 g/mol. The second kappa shape index (κ2) is 8.72. The molecule has 0 fully saturated rings. The highest BCUT2D eigenvalue weighted by molar-refractivity contribution is 5.85. The van der Waals surface area contributed by atoms with Crippen LogP contribution in [0.5, 0.6) is 5.75 Å². The fraction of sp³-hybridized carbons (Fsp3) is 0.462. The highest BCUT2D eigenvalue weighted by atomic mass is 35.5. The van der Waals surface area contributed by atoms with Crippen LogP contribution in [0.2, 0.25) is 0 Å². The molecule has 19 heavy (non-hydrogen) atoms. The Labute approximate surface area is 118 Å². The number of carbonyl (C=O) groups excluding carboxylic acids is 1. The summed E-state index contributed by atoms with van der Waals surface area (Å²) in [6.45, 7) is 4.00. The maximum absolute atomic E-state index is 13.8. The second-order valence-corrected chi connectivity index (χ2v) is 3.65. The minimum Gasteiger partial charge on any atom is -0.494 e. The zero-order valence-corrected chi connectivity index (χ0v) is 11.8. The fourth-order valence-electron chi connectivity index (χ4n) is 1.57. The topological polar surface area (TPSA) is 61.5 Å². The lowest BCUT2D eigenvalue weighted by Gasteiger charge is -2.18. The van der Waals surface area contributed by atoms with Crippen molar-refractivity contribution in [2.75, 3.05) is 13.2 Å². The van der Waals surface area contributed by atoms with E-state index < -0.39 is 18.2 Å². The van der Waals surface area contributed by atoms with E-state index >= 15 is 0 Å². The maximum atomic E-state index is 13.8. The van der Waals surface area contributed by atoms with Crippen molar-refractivity contribution in [3.05, 3.63) is 29.8 Å². The highest BCUT2D eigenvalue weighted by Gasteiger charge is 2.29. The normalized spacial score (nSPS) is 13.1. The molecule has 0 aliphatic carbocycles. The number of hydrogen-bond donors (Lipinski definition) is 1. The predicted octanol–water partition coefficient (Wildman–Crippen LogP) is 2.41. The predicted molar refractivity (Wildman–Crippen MR) is 73.3 cm³/mol. The molecule has 0 saturated heterocycles. The fourth-order valence-corrected chi connectivity index (χ4v) is 1.57. The van der Waals surface area contributed by atoms with Gasteiger partial charge >= 0.3 is 5.97 Å². The van der Waals surface area contributed by atoms with Gasteiger partial charge in [0.1, 0.15) is 5.75 Å². The third-order valence-electron chi connectivity index (χ3n) is 2.41. The summed E-state index contributed by atoms with van der Waals surface area (Å²) in [7, 11) is 0. The number of rotatable bonds is 6. The van der Waals surface area contributed by atoms with Crippen molar-refractivity contribution in [2.45, 2.75) is 26.1 Å². The molecule has 0 radical (unpaired) electrons. The Morgan fingerprint density at radius 2 is 1.95 bits per heavy atom. The zero-order valence-electron chi connectivity index (χ0n) is 11.0. The molecule has 108 valence electrons. The third-order valence-corrected chi connectivity index (χ3v) is 2.41.